The highest BCUT2D eigenvalue weighted by Gasteiger charge is 2.05. The van der Waals surface area contributed by atoms with Crippen LogP contribution in [0.15, 0.2) is 30.5 Å². The van der Waals surface area contributed by atoms with Crippen LogP contribution in [-0.4, -0.2) is 18.1 Å². The van der Waals surface area contributed by atoms with Gasteiger partial charge in [-0.05, 0) is 23.9 Å². The maximum Gasteiger partial charge on any atom is 0.133 e. The number of anilines is 1. The van der Waals surface area contributed by atoms with Crippen molar-refractivity contribution < 1.29 is 0 Å². The van der Waals surface area contributed by atoms with Crippen molar-refractivity contribution in [1.29, 1.82) is 0 Å². The first-order valence-electron chi connectivity index (χ1n) is 6.68. The molecule has 1 heterocycles. The second-order valence-electron chi connectivity index (χ2n) is 4.38. The van der Waals surface area contributed by atoms with Crippen LogP contribution in [0.25, 0.3) is 10.8 Å². The molecule has 2 aromatic rings. The van der Waals surface area contributed by atoms with Gasteiger partial charge >= 0.3 is 0 Å². The maximum absolute atomic E-state index is 4.55. The lowest BCUT2D eigenvalue weighted by molar-refractivity contribution is 0.728. The Balaban J connectivity index is 2.38. The molecule has 0 atom stereocenters. The molecule has 0 radical (unpaired) electrons. The molecule has 0 aliphatic rings. The van der Waals surface area contributed by atoms with Crippen LogP contribution in [0.2, 0.25) is 0 Å². The third-order valence-electron chi connectivity index (χ3n) is 2.99. The molecule has 0 amide bonds. The lowest BCUT2D eigenvalue weighted by Gasteiger charge is -2.11. The molecule has 0 saturated heterocycles. The molecule has 3 nitrogen and oxygen atoms in total. The third-order valence-corrected chi connectivity index (χ3v) is 2.99. The summed E-state index contributed by atoms with van der Waals surface area (Å²) in [6.45, 7) is 7.09. The molecule has 0 spiro atoms. The number of nitrogens with one attached hydrogen (secondary N) is 2. The summed E-state index contributed by atoms with van der Waals surface area (Å²) < 4.78 is 0. The van der Waals surface area contributed by atoms with Crippen LogP contribution in [0, 0.1) is 0 Å². The average Bonchev–Trinajstić information content (AvgIpc) is 2.43. The van der Waals surface area contributed by atoms with Gasteiger partial charge in [-0.25, -0.2) is 4.98 Å². The summed E-state index contributed by atoms with van der Waals surface area (Å²) in [5.74, 6) is 0.993. The highest BCUT2D eigenvalue weighted by atomic mass is 15.0. The maximum atomic E-state index is 4.55. The van der Waals surface area contributed by atoms with Crippen LogP contribution in [0.1, 0.15) is 25.8 Å². The van der Waals surface area contributed by atoms with Gasteiger partial charge in [0.25, 0.3) is 0 Å². The molecule has 0 unspecified atom stereocenters. The Labute approximate surface area is 109 Å². The van der Waals surface area contributed by atoms with Gasteiger partial charge in [-0.3, -0.25) is 0 Å². The third kappa shape index (κ3) is 2.79. The highest BCUT2D eigenvalue weighted by Crippen LogP contribution is 2.24. The predicted molar refractivity (Wildman–Crippen MR) is 77.9 cm³/mol. The van der Waals surface area contributed by atoms with Gasteiger partial charge in [0.15, 0.2) is 0 Å². The van der Waals surface area contributed by atoms with Crippen molar-refractivity contribution in [3.8, 4) is 0 Å². The number of rotatable bonds is 6. The Morgan fingerprint density at radius 2 is 1.89 bits per heavy atom. The summed E-state index contributed by atoms with van der Waals surface area (Å²) in [5, 5.41) is 9.24. The van der Waals surface area contributed by atoms with Crippen molar-refractivity contribution in [2.24, 2.45) is 0 Å². The minimum absolute atomic E-state index is 0.873. The zero-order chi connectivity index (χ0) is 12.8. The number of nitrogens with zero attached hydrogens (tertiary/aromatic N) is 1. The Bertz CT molecular complexity index is 462. The number of hydrogen-bond donors (Lipinski definition) is 2. The molecule has 18 heavy (non-hydrogen) atoms. The molecule has 3 heteroatoms. The highest BCUT2D eigenvalue weighted by molar-refractivity contribution is 5.93. The zero-order valence-electron chi connectivity index (χ0n) is 11.2. The van der Waals surface area contributed by atoms with Crippen molar-refractivity contribution in [1.82, 2.24) is 10.3 Å². The Kier molecular flexibility index (Phi) is 4.53. The van der Waals surface area contributed by atoms with Crippen LogP contribution >= 0.6 is 0 Å². The number of benzene rings is 1. The number of pyridine rings is 1. The van der Waals surface area contributed by atoms with Crippen molar-refractivity contribution in [3.63, 3.8) is 0 Å². The molecule has 1 aromatic heterocycles. The van der Waals surface area contributed by atoms with Crippen LogP contribution in [0.3, 0.4) is 0 Å². The average molecular weight is 243 g/mol. The van der Waals surface area contributed by atoms with E-state index >= 15 is 0 Å². The van der Waals surface area contributed by atoms with Crippen LogP contribution in [-0.2, 0) is 6.54 Å². The minimum Gasteiger partial charge on any atom is -0.370 e. The van der Waals surface area contributed by atoms with Crippen LogP contribution in [0.4, 0.5) is 5.82 Å². The molecule has 0 aliphatic carbocycles. The molecule has 2 rings (SSSR count). The van der Waals surface area contributed by atoms with Crippen molar-refractivity contribution in [3.05, 3.63) is 36.0 Å². The summed E-state index contributed by atoms with van der Waals surface area (Å²) in [7, 11) is 0. The van der Waals surface area contributed by atoms with E-state index in [0.29, 0.717) is 0 Å². The molecule has 1 aromatic carbocycles. The zero-order valence-corrected chi connectivity index (χ0v) is 11.2. The summed E-state index contributed by atoms with van der Waals surface area (Å²) in [5.41, 5.74) is 1.26. The van der Waals surface area contributed by atoms with Crippen molar-refractivity contribution >= 4 is 16.6 Å². The Morgan fingerprint density at radius 3 is 2.61 bits per heavy atom. The van der Waals surface area contributed by atoms with E-state index in [9.17, 15) is 0 Å². The van der Waals surface area contributed by atoms with Gasteiger partial charge in [0.05, 0.1) is 0 Å². The second-order valence-corrected chi connectivity index (χ2v) is 4.38. The first-order valence-corrected chi connectivity index (χ1v) is 6.68. The monoisotopic (exact) mass is 243 g/mol. The Morgan fingerprint density at radius 1 is 1.11 bits per heavy atom. The van der Waals surface area contributed by atoms with Gasteiger partial charge in [-0.1, -0.05) is 38.1 Å². The quantitative estimate of drug-likeness (QED) is 0.818. The molecule has 96 valence electrons. The van der Waals surface area contributed by atoms with Gasteiger partial charge in [-0.15, -0.1) is 0 Å². The number of fused-ring (bicyclic) bond motifs is 1. The van der Waals surface area contributed by atoms with Crippen LogP contribution < -0.4 is 10.6 Å². The molecule has 2 N–H and O–H groups in total. The topological polar surface area (TPSA) is 37.0 Å². The Hall–Kier alpha value is -1.61. The van der Waals surface area contributed by atoms with E-state index in [-0.39, 0.29) is 0 Å². The lowest BCUT2D eigenvalue weighted by atomic mass is 10.1. The smallest absolute Gasteiger partial charge is 0.133 e. The second kappa shape index (κ2) is 6.36. The fourth-order valence-corrected chi connectivity index (χ4v) is 2.04. The van der Waals surface area contributed by atoms with Crippen molar-refractivity contribution in [2.45, 2.75) is 26.8 Å². The summed E-state index contributed by atoms with van der Waals surface area (Å²) in [6, 6.07) is 8.45. The molecule has 0 bridgehead atoms. The van der Waals surface area contributed by atoms with E-state index < -0.39 is 0 Å². The fourth-order valence-electron chi connectivity index (χ4n) is 2.04. The summed E-state index contributed by atoms with van der Waals surface area (Å²) >= 11 is 0. The largest absolute Gasteiger partial charge is 0.370 e. The van der Waals surface area contributed by atoms with Gasteiger partial charge < -0.3 is 10.6 Å². The first kappa shape index (κ1) is 12.8. The lowest BCUT2D eigenvalue weighted by Crippen LogP contribution is -2.13. The van der Waals surface area contributed by atoms with Gasteiger partial charge in [0.2, 0.25) is 0 Å². The van der Waals surface area contributed by atoms with E-state index in [4.69, 9.17) is 0 Å². The molecular weight excluding hydrogens is 222 g/mol. The summed E-state index contributed by atoms with van der Waals surface area (Å²) in [6.07, 6.45) is 3.08. The van der Waals surface area contributed by atoms with E-state index in [1.54, 1.807) is 0 Å². The van der Waals surface area contributed by atoms with E-state index in [0.717, 1.165) is 31.9 Å². The van der Waals surface area contributed by atoms with E-state index in [1.807, 2.05) is 6.20 Å². The number of hydrogen-bond acceptors (Lipinski definition) is 3. The first-order chi connectivity index (χ1) is 8.86. The SMILES string of the molecule is CCCNc1ncc(CNCC)c2ccccc12. The summed E-state index contributed by atoms with van der Waals surface area (Å²) in [4.78, 5) is 4.55. The fraction of sp³-hybridized carbons (Fsp3) is 0.400. The van der Waals surface area contributed by atoms with E-state index in [1.165, 1.54) is 16.3 Å². The molecule has 0 saturated carbocycles. The molecule has 0 aliphatic heterocycles. The number of aromatic nitrogens is 1. The predicted octanol–water partition coefficient (Wildman–Crippen LogP) is 3.17. The minimum atomic E-state index is 0.873. The van der Waals surface area contributed by atoms with Crippen molar-refractivity contribution in [2.75, 3.05) is 18.4 Å². The molecule has 0 fully saturated rings. The van der Waals surface area contributed by atoms with Crippen LogP contribution in [0.5, 0.6) is 0 Å². The van der Waals surface area contributed by atoms with Gasteiger partial charge in [0, 0.05) is 24.7 Å². The van der Waals surface area contributed by atoms with Gasteiger partial charge in [0.1, 0.15) is 5.82 Å². The molecular formula is C15H21N3. The van der Waals surface area contributed by atoms with E-state index in [2.05, 4.69) is 53.7 Å². The standard InChI is InChI=1S/C15H21N3/c1-3-9-17-15-14-8-6-5-7-13(14)12(11-18-15)10-16-4-2/h5-8,11,16H,3-4,9-10H2,1-2H3,(H,17,18). The normalized spacial score (nSPS) is 10.8. The van der Waals surface area contributed by atoms with Gasteiger partial charge in [-0.2, -0.15) is 0 Å².